The molecule has 2 rings (SSSR count). The first kappa shape index (κ1) is 19.1. The third-order valence-corrected chi connectivity index (χ3v) is 3.72. The maximum atomic E-state index is 12.5. The van der Waals surface area contributed by atoms with Gasteiger partial charge in [0.15, 0.2) is 16.6 Å². The number of nitrogens with zero attached hydrogens (tertiary/aromatic N) is 2. The highest BCUT2D eigenvalue weighted by Gasteiger charge is 2.33. The van der Waals surface area contributed by atoms with Gasteiger partial charge >= 0.3 is 0 Å². The maximum Gasteiger partial charge on any atom is 0.274 e. The first-order valence-electron chi connectivity index (χ1n) is 7.44. The number of nitrogens with one attached hydrogen (secondary N) is 1. The van der Waals surface area contributed by atoms with E-state index in [1.165, 1.54) is 6.08 Å². The Morgan fingerprint density at radius 2 is 2.15 bits per heavy atom. The van der Waals surface area contributed by atoms with Crippen LogP contribution in [-0.2, 0) is 9.59 Å². The van der Waals surface area contributed by atoms with Gasteiger partial charge in [0.05, 0.1) is 17.6 Å². The Hall–Kier alpha value is -3.27. The molecule has 0 aromatic heterocycles. The highest BCUT2D eigenvalue weighted by molar-refractivity contribution is 7.80. The number of hydrogen-bond donors (Lipinski definition) is 2. The van der Waals surface area contributed by atoms with E-state index in [0.29, 0.717) is 0 Å². The van der Waals surface area contributed by atoms with Crippen LogP contribution in [-0.4, -0.2) is 45.0 Å². The van der Waals surface area contributed by atoms with E-state index in [-0.39, 0.29) is 40.8 Å². The zero-order chi connectivity index (χ0) is 19.4. The van der Waals surface area contributed by atoms with E-state index < -0.39 is 22.5 Å². The average molecular weight is 377 g/mol. The summed E-state index contributed by atoms with van der Waals surface area (Å²) in [5, 5.41) is 23.6. The molecule has 0 radical (unpaired) electrons. The van der Waals surface area contributed by atoms with Crippen molar-refractivity contribution >= 4 is 40.9 Å². The molecule has 1 heterocycles. The fourth-order valence-electron chi connectivity index (χ4n) is 2.24. The van der Waals surface area contributed by atoms with Crippen LogP contribution in [0, 0.1) is 10.1 Å². The van der Waals surface area contributed by atoms with Gasteiger partial charge in [-0.25, -0.2) is 0 Å². The minimum Gasteiger partial charge on any atom is -0.504 e. The summed E-state index contributed by atoms with van der Waals surface area (Å²) >= 11 is 4.94. The molecule has 0 saturated carbocycles. The number of benzene rings is 1. The van der Waals surface area contributed by atoms with Crippen molar-refractivity contribution in [3.05, 3.63) is 46.0 Å². The van der Waals surface area contributed by atoms with Gasteiger partial charge in [-0.05, 0) is 25.2 Å². The zero-order valence-electron chi connectivity index (χ0n) is 13.7. The van der Waals surface area contributed by atoms with E-state index in [2.05, 4.69) is 11.9 Å². The lowest BCUT2D eigenvalue weighted by atomic mass is 10.1. The number of rotatable bonds is 6. The second-order valence-corrected chi connectivity index (χ2v) is 5.48. The number of ether oxygens (including phenoxy) is 1. The summed E-state index contributed by atoms with van der Waals surface area (Å²) in [5.74, 6) is -2.03. The fraction of sp³-hybridized carbons (Fsp3) is 0.188. The van der Waals surface area contributed by atoms with Crippen molar-refractivity contribution in [1.29, 1.82) is 0 Å². The van der Waals surface area contributed by atoms with Gasteiger partial charge in [0.25, 0.3) is 17.5 Å². The number of phenolic OH excluding ortho intramolecular Hbond substituents is 1. The van der Waals surface area contributed by atoms with E-state index in [4.69, 9.17) is 17.0 Å². The Morgan fingerprint density at radius 3 is 2.73 bits per heavy atom. The molecule has 0 unspecified atom stereocenters. The minimum atomic E-state index is -0.774. The van der Waals surface area contributed by atoms with Crippen LogP contribution in [0.25, 0.3) is 6.08 Å². The lowest BCUT2D eigenvalue weighted by molar-refractivity contribution is -0.385. The number of hydrogen-bond acceptors (Lipinski definition) is 7. The van der Waals surface area contributed by atoms with E-state index in [1.807, 2.05) is 0 Å². The van der Waals surface area contributed by atoms with Crippen LogP contribution in [0.5, 0.6) is 11.5 Å². The Labute approximate surface area is 153 Å². The molecule has 0 aliphatic carbocycles. The molecule has 1 saturated heterocycles. The number of thiocarbonyl (C=S) groups is 1. The van der Waals surface area contributed by atoms with Gasteiger partial charge in [0, 0.05) is 18.2 Å². The average Bonchev–Trinajstić information content (AvgIpc) is 2.58. The molecule has 0 spiro atoms. The van der Waals surface area contributed by atoms with Crippen molar-refractivity contribution in [2.24, 2.45) is 0 Å². The molecule has 9 nitrogen and oxygen atoms in total. The molecule has 1 fully saturated rings. The number of nitro groups is 1. The molecule has 136 valence electrons. The largest absolute Gasteiger partial charge is 0.504 e. The summed E-state index contributed by atoms with van der Waals surface area (Å²) in [5.41, 5.74) is -0.800. The van der Waals surface area contributed by atoms with Crippen LogP contribution in [0.1, 0.15) is 12.5 Å². The molecule has 1 aliphatic heterocycles. The van der Waals surface area contributed by atoms with Gasteiger partial charge < -0.3 is 9.84 Å². The molecule has 10 heteroatoms. The standard InChI is InChI=1S/C16H15N3O6S/c1-3-5-18-15(22)11(14(21)17-16(18)26)7-9-6-10(19(23)24)8-12(13(9)20)25-4-2/h3,6-8,20H,1,4-5H2,2H3,(H,17,21,26)/b11-7+. The smallest absolute Gasteiger partial charge is 0.274 e. The third kappa shape index (κ3) is 3.70. The Morgan fingerprint density at radius 1 is 1.46 bits per heavy atom. The van der Waals surface area contributed by atoms with E-state index in [1.54, 1.807) is 6.92 Å². The van der Waals surface area contributed by atoms with Gasteiger partial charge in [0.2, 0.25) is 0 Å². The number of non-ortho nitro benzene ring substituents is 1. The molecule has 0 atom stereocenters. The number of carbonyl (C=O) groups excluding carboxylic acids is 2. The van der Waals surface area contributed by atoms with E-state index >= 15 is 0 Å². The van der Waals surface area contributed by atoms with Crippen molar-refractivity contribution in [3.63, 3.8) is 0 Å². The summed E-state index contributed by atoms with van der Waals surface area (Å²) in [6, 6.07) is 2.10. The Bertz CT molecular complexity index is 849. The van der Waals surface area contributed by atoms with Crippen LogP contribution < -0.4 is 10.1 Å². The third-order valence-electron chi connectivity index (χ3n) is 3.40. The lowest BCUT2D eigenvalue weighted by Gasteiger charge is -2.27. The summed E-state index contributed by atoms with van der Waals surface area (Å²) in [4.78, 5) is 36.1. The summed E-state index contributed by atoms with van der Waals surface area (Å²) in [7, 11) is 0. The van der Waals surface area contributed by atoms with E-state index in [0.717, 1.165) is 23.1 Å². The van der Waals surface area contributed by atoms with Gasteiger partial charge in [-0.2, -0.15) is 0 Å². The molecule has 0 bridgehead atoms. The normalized spacial score (nSPS) is 15.8. The summed E-state index contributed by atoms with van der Waals surface area (Å²) in [6.07, 6.45) is 2.48. The first-order chi connectivity index (χ1) is 12.3. The van der Waals surface area contributed by atoms with Crippen LogP contribution >= 0.6 is 12.2 Å². The van der Waals surface area contributed by atoms with Gasteiger partial charge in [-0.1, -0.05) is 6.08 Å². The second-order valence-electron chi connectivity index (χ2n) is 5.09. The number of aromatic hydroxyl groups is 1. The first-order valence-corrected chi connectivity index (χ1v) is 7.84. The number of carbonyl (C=O) groups is 2. The lowest BCUT2D eigenvalue weighted by Crippen LogP contribution is -2.53. The molecule has 1 aromatic rings. The molecular weight excluding hydrogens is 362 g/mol. The zero-order valence-corrected chi connectivity index (χ0v) is 14.5. The molecule has 2 N–H and O–H groups in total. The van der Waals surface area contributed by atoms with Crippen LogP contribution in [0.15, 0.2) is 30.4 Å². The second kappa shape index (κ2) is 7.74. The topological polar surface area (TPSA) is 122 Å². The van der Waals surface area contributed by atoms with Gasteiger partial charge in [0.1, 0.15) is 5.57 Å². The molecule has 1 aromatic carbocycles. The maximum absolute atomic E-state index is 12.5. The monoisotopic (exact) mass is 377 g/mol. The fourth-order valence-corrected chi connectivity index (χ4v) is 2.49. The molecule has 1 aliphatic rings. The van der Waals surface area contributed by atoms with Crippen LogP contribution in [0.2, 0.25) is 0 Å². The van der Waals surface area contributed by atoms with Gasteiger partial charge in [-0.15, -0.1) is 6.58 Å². The van der Waals surface area contributed by atoms with Gasteiger partial charge in [-0.3, -0.25) is 29.9 Å². The number of nitro benzene ring substituents is 1. The predicted molar refractivity (Wildman–Crippen MR) is 96.6 cm³/mol. The summed E-state index contributed by atoms with van der Waals surface area (Å²) < 4.78 is 5.17. The van der Waals surface area contributed by atoms with Crippen molar-refractivity contribution in [3.8, 4) is 11.5 Å². The highest BCUT2D eigenvalue weighted by Crippen LogP contribution is 2.36. The number of phenols is 1. The van der Waals surface area contributed by atoms with Crippen LogP contribution in [0.4, 0.5) is 5.69 Å². The van der Waals surface area contributed by atoms with Crippen LogP contribution in [0.3, 0.4) is 0 Å². The van der Waals surface area contributed by atoms with E-state index in [9.17, 15) is 24.8 Å². The molecule has 2 amide bonds. The minimum absolute atomic E-state index is 0.0698. The Kier molecular flexibility index (Phi) is 5.68. The Balaban J connectivity index is 2.57. The van der Waals surface area contributed by atoms with Crippen molar-refractivity contribution < 1.29 is 24.4 Å². The van der Waals surface area contributed by atoms with Crippen molar-refractivity contribution in [1.82, 2.24) is 10.2 Å². The van der Waals surface area contributed by atoms with Crippen molar-refractivity contribution in [2.45, 2.75) is 6.92 Å². The SMILES string of the molecule is C=CCN1C(=O)/C(=C/c2cc([N+](=O)[O-])cc(OCC)c2O)C(=O)NC1=S. The summed E-state index contributed by atoms with van der Waals surface area (Å²) in [6.45, 7) is 5.38. The number of amides is 2. The predicted octanol–water partition coefficient (Wildman–Crippen LogP) is 1.51. The highest BCUT2D eigenvalue weighted by atomic mass is 32.1. The molecular formula is C16H15N3O6S. The molecule has 26 heavy (non-hydrogen) atoms. The van der Waals surface area contributed by atoms with Crippen molar-refractivity contribution in [2.75, 3.05) is 13.2 Å². The quantitative estimate of drug-likeness (QED) is 0.192.